The summed E-state index contributed by atoms with van der Waals surface area (Å²) in [5, 5.41) is 4.59. The highest BCUT2D eigenvalue weighted by Crippen LogP contribution is 2.31. The van der Waals surface area contributed by atoms with E-state index in [4.69, 9.17) is 0 Å². The maximum atomic E-state index is 10.1. The van der Waals surface area contributed by atoms with Crippen LogP contribution in [-0.2, 0) is 0 Å². The summed E-state index contributed by atoms with van der Waals surface area (Å²) in [7, 11) is 0. The number of benzene rings is 2. The van der Waals surface area contributed by atoms with Gasteiger partial charge in [-0.25, -0.2) is 0 Å². The van der Waals surface area contributed by atoms with Gasteiger partial charge in [-0.2, -0.15) is 0 Å². The minimum absolute atomic E-state index is 0.448. The van der Waals surface area contributed by atoms with E-state index in [0.717, 1.165) is 21.8 Å². The van der Waals surface area contributed by atoms with Gasteiger partial charge in [-0.05, 0) is 12.1 Å². The molecule has 0 unspecified atom stereocenters. The zero-order valence-electron chi connectivity index (χ0n) is 8.31. The highest BCUT2D eigenvalue weighted by atomic mass is 16.7. The van der Waals surface area contributed by atoms with Crippen LogP contribution >= 0.6 is 0 Å². The summed E-state index contributed by atoms with van der Waals surface area (Å²) >= 11 is 0. The molecule has 2 aromatic carbocycles. The SMILES string of the molecule is O=NOc1cccc2c1[nH]c1ccccc12. The maximum absolute atomic E-state index is 10.1. The van der Waals surface area contributed by atoms with Crippen molar-refractivity contribution >= 4 is 21.8 Å². The van der Waals surface area contributed by atoms with Gasteiger partial charge in [0.15, 0.2) is 11.1 Å². The van der Waals surface area contributed by atoms with Crippen molar-refractivity contribution < 1.29 is 4.84 Å². The Morgan fingerprint density at radius 2 is 1.81 bits per heavy atom. The van der Waals surface area contributed by atoms with E-state index in [0.29, 0.717) is 5.75 Å². The van der Waals surface area contributed by atoms with E-state index >= 15 is 0 Å². The molecular weight excluding hydrogens is 204 g/mol. The molecule has 0 radical (unpaired) electrons. The van der Waals surface area contributed by atoms with Crippen LogP contribution in [0.1, 0.15) is 0 Å². The molecule has 0 aliphatic heterocycles. The Balaban J connectivity index is 2.43. The second-order valence-electron chi connectivity index (χ2n) is 3.52. The van der Waals surface area contributed by atoms with Gasteiger partial charge in [0, 0.05) is 16.3 Å². The van der Waals surface area contributed by atoms with Gasteiger partial charge in [-0.1, -0.05) is 30.3 Å². The fourth-order valence-electron chi connectivity index (χ4n) is 1.96. The van der Waals surface area contributed by atoms with Crippen LogP contribution in [0.15, 0.2) is 47.8 Å². The van der Waals surface area contributed by atoms with Crippen LogP contribution < -0.4 is 4.84 Å². The highest BCUT2D eigenvalue weighted by molar-refractivity contribution is 6.09. The molecule has 3 rings (SSSR count). The minimum Gasteiger partial charge on any atom is -0.351 e. The van der Waals surface area contributed by atoms with Crippen molar-refractivity contribution in [2.45, 2.75) is 0 Å². The quantitative estimate of drug-likeness (QED) is 0.523. The molecule has 0 aliphatic rings. The fraction of sp³-hybridized carbons (Fsp3) is 0. The maximum Gasteiger partial charge on any atom is 0.185 e. The molecule has 0 bridgehead atoms. The van der Waals surface area contributed by atoms with Crippen LogP contribution in [0, 0.1) is 4.91 Å². The Bertz CT molecular complexity index is 673. The van der Waals surface area contributed by atoms with Crippen molar-refractivity contribution in [3.63, 3.8) is 0 Å². The molecule has 0 saturated carbocycles. The molecule has 0 aliphatic carbocycles. The number of nitrogens with zero attached hydrogens (tertiary/aromatic N) is 1. The monoisotopic (exact) mass is 212 g/mol. The van der Waals surface area contributed by atoms with E-state index in [-0.39, 0.29) is 0 Å². The number of aromatic nitrogens is 1. The number of nitrogens with one attached hydrogen (secondary N) is 1. The zero-order chi connectivity index (χ0) is 11.0. The molecule has 0 spiro atoms. The van der Waals surface area contributed by atoms with Crippen molar-refractivity contribution in [2.75, 3.05) is 0 Å². The van der Waals surface area contributed by atoms with Crippen molar-refractivity contribution in [3.8, 4) is 5.75 Å². The molecule has 4 nitrogen and oxygen atoms in total. The first-order valence-corrected chi connectivity index (χ1v) is 4.89. The van der Waals surface area contributed by atoms with Crippen molar-refractivity contribution in [1.29, 1.82) is 0 Å². The summed E-state index contributed by atoms with van der Waals surface area (Å²) in [6.07, 6.45) is 0. The van der Waals surface area contributed by atoms with Crippen LogP contribution in [-0.4, -0.2) is 4.98 Å². The first kappa shape index (κ1) is 8.91. The van der Waals surface area contributed by atoms with Crippen molar-refractivity contribution in [3.05, 3.63) is 47.4 Å². The van der Waals surface area contributed by atoms with Crippen molar-refractivity contribution in [1.82, 2.24) is 4.98 Å². The third-order valence-electron chi connectivity index (χ3n) is 2.64. The third-order valence-corrected chi connectivity index (χ3v) is 2.64. The molecule has 3 aromatic rings. The Labute approximate surface area is 90.8 Å². The number of aromatic amines is 1. The average Bonchev–Trinajstić information content (AvgIpc) is 2.69. The molecular formula is C12H8N2O2. The van der Waals surface area contributed by atoms with Gasteiger partial charge in [0.05, 0.1) is 5.52 Å². The lowest BCUT2D eigenvalue weighted by Gasteiger charge is -1.96. The minimum atomic E-state index is 0.448. The third kappa shape index (κ3) is 1.16. The van der Waals surface area contributed by atoms with Gasteiger partial charge in [0.2, 0.25) is 0 Å². The first-order chi connectivity index (χ1) is 7.90. The average molecular weight is 212 g/mol. The second-order valence-corrected chi connectivity index (χ2v) is 3.52. The summed E-state index contributed by atoms with van der Waals surface area (Å²) in [6.45, 7) is 0. The number of hydrogen-bond donors (Lipinski definition) is 1. The Kier molecular flexibility index (Phi) is 1.86. The predicted octanol–water partition coefficient (Wildman–Crippen LogP) is 3.38. The van der Waals surface area contributed by atoms with Gasteiger partial charge < -0.3 is 9.82 Å². The van der Waals surface area contributed by atoms with Crippen LogP contribution in [0.25, 0.3) is 21.8 Å². The standard InChI is InChI=1S/C12H8N2O2/c15-14-16-11-7-3-5-9-8-4-1-2-6-10(8)13-12(9)11/h1-7,13H. The van der Waals surface area contributed by atoms with Gasteiger partial charge >= 0.3 is 0 Å². The van der Waals surface area contributed by atoms with E-state index in [9.17, 15) is 4.91 Å². The molecule has 0 amide bonds. The summed E-state index contributed by atoms with van der Waals surface area (Å²) in [4.78, 5) is 18.0. The first-order valence-electron chi connectivity index (χ1n) is 4.89. The molecule has 0 atom stereocenters. The molecule has 78 valence electrons. The van der Waals surface area contributed by atoms with E-state index in [1.165, 1.54) is 0 Å². The molecule has 4 heteroatoms. The van der Waals surface area contributed by atoms with E-state index in [1.54, 1.807) is 6.07 Å². The number of para-hydroxylation sites is 2. The topological polar surface area (TPSA) is 54.4 Å². The number of H-pyrrole nitrogens is 1. The van der Waals surface area contributed by atoms with E-state index in [1.807, 2.05) is 36.4 Å². The lowest BCUT2D eigenvalue weighted by molar-refractivity contribution is 0.338. The zero-order valence-corrected chi connectivity index (χ0v) is 8.31. The second kappa shape index (κ2) is 3.34. The molecule has 0 saturated heterocycles. The summed E-state index contributed by atoms with van der Waals surface area (Å²) < 4.78 is 0. The van der Waals surface area contributed by atoms with Crippen molar-refractivity contribution in [2.24, 2.45) is 5.34 Å². The van der Waals surface area contributed by atoms with Crippen LogP contribution in [0.4, 0.5) is 0 Å². The summed E-state index contributed by atoms with van der Waals surface area (Å²) in [5.41, 5.74) is 1.81. The normalized spacial score (nSPS) is 10.8. The molecule has 0 fully saturated rings. The van der Waals surface area contributed by atoms with E-state index in [2.05, 4.69) is 15.2 Å². The predicted molar refractivity (Wildman–Crippen MR) is 62.2 cm³/mol. The summed E-state index contributed by atoms with van der Waals surface area (Å²) in [5.74, 6) is 0.448. The van der Waals surface area contributed by atoms with E-state index < -0.39 is 0 Å². The summed E-state index contributed by atoms with van der Waals surface area (Å²) in [6, 6.07) is 13.4. The number of hydrogen-bond acceptors (Lipinski definition) is 3. The number of fused-ring (bicyclic) bond motifs is 3. The lowest BCUT2D eigenvalue weighted by atomic mass is 10.1. The van der Waals surface area contributed by atoms with Crippen LogP contribution in [0.3, 0.4) is 0 Å². The number of rotatable bonds is 2. The highest BCUT2D eigenvalue weighted by Gasteiger charge is 2.08. The Hall–Kier alpha value is -2.36. The smallest absolute Gasteiger partial charge is 0.185 e. The largest absolute Gasteiger partial charge is 0.351 e. The van der Waals surface area contributed by atoms with Crippen LogP contribution in [0.5, 0.6) is 5.75 Å². The lowest BCUT2D eigenvalue weighted by Crippen LogP contribution is -1.81. The Morgan fingerprint density at radius 1 is 1.00 bits per heavy atom. The van der Waals surface area contributed by atoms with Crippen LogP contribution in [0.2, 0.25) is 0 Å². The van der Waals surface area contributed by atoms with Gasteiger partial charge in [0.1, 0.15) is 0 Å². The Morgan fingerprint density at radius 3 is 2.69 bits per heavy atom. The van der Waals surface area contributed by atoms with Gasteiger partial charge in [-0.3, -0.25) is 0 Å². The molecule has 1 N–H and O–H groups in total. The van der Waals surface area contributed by atoms with Gasteiger partial charge in [-0.15, -0.1) is 4.91 Å². The fourth-order valence-corrected chi connectivity index (χ4v) is 1.96. The molecule has 1 aromatic heterocycles. The molecule has 1 heterocycles. The van der Waals surface area contributed by atoms with Gasteiger partial charge in [0.25, 0.3) is 0 Å². The molecule has 16 heavy (non-hydrogen) atoms.